The zero-order valence-corrected chi connectivity index (χ0v) is 26.8. The van der Waals surface area contributed by atoms with Gasteiger partial charge in [-0.1, -0.05) is 26.5 Å². The lowest BCUT2D eigenvalue weighted by atomic mass is 9.80. The number of nitrogens with one attached hydrogen (secondary N) is 1. The molecule has 10 nitrogen and oxygen atoms in total. The number of aryl methyl sites for hydroxylation is 1. The second-order valence-electron chi connectivity index (χ2n) is 12.0. The summed E-state index contributed by atoms with van der Waals surface area (Å²) in [6.45, 7) is 8.49. The number of aromatic nitrogens is 3. The number of carbonyl (C=O) groups is 2. The summed E-state index contributed by atoms with van der Waals surface area (Å²) in [5, 5.41) is 22.7. The number of likely N-dealkylation sites (tertiary alicyclic amines) is 1. The van der Waals surface area contributed by atoms with E-state index in [1.54, 1.807) is 19.2 Å². The average molecular weight is 659 g/mol. The standard InChI is InChI=1S/C35H33F3N6O4/c1-17(2)29-31(18(3)10-13-41-29)44-32-22(16-24(38)30(42-32)27-23(37)7-6-8-25(27)45)26(28(35(44)48)33(46)40-5)20-11-14-43(34(47)19(4)36)21(15-20)9-12-39/h6-8,10,13,16-17,20-21,45H,4,9,11,14-15H2,1-3,5H3,(H,40,46)/t20?,21-/m0/s1. The third kappa shape index (κ3) is 5.78. The fourth-order valence-corrected chi connectivity index (χ4v) is 6.52. The van der Waals surface area contributed by atoms with Gasteiger partial charge in [0.1, 0.15) is 28.5 Å². The lowest BCUT2D eigenvalue weighted by Gasteiger charge is -2.39. The highest BCUT2D eigenvalue weighted by Crippen LogP contribution is 2.41. The van der Waals surface area contributed by atoms with Crippen molar-refractivity contribution in [1.29, 1.82) is 5.26 Å². The molecule has 2 atom stereocenters. The third-order valence-electron chi connectivity index (χ3n) is 8.70. The predicted molar refractivity (Wildman–Crippen MR) is 172 cm³/mol. The summed E-state index contributed by atoms with van der Waals surface area (Å²) >= 11 is 0. The van der Waals surface area contributed by atoms with Crippen LogP contribution in [0.15, 0.2) is 53.7 Å². The number of fused-ring (bicyclic) bond motifs is 1. The number of pyridine rings is 3. The van der Waals surface area contributed by atoms with E-state index < -0.39 is 63.8 Å². The molecule has 4 heterocycles. The summed E-state index contributed by atoms with van der Waals surface area (Å²) in [4.78, 5) is 51.2. The van der Waals surface area contributed by atoms with Crippen LogP contribution in [-0.2, 0) is 4.79 Å². The van der Waals surface area contributed by atoms with E-state index in [2.05, 4.69) is 21.9 Å². The molecule has 2 amide bonds. The topological polar surface area (TPSA) is 141 Å². The summed E-state index contributed by atoms with van der Waals surface area (Å²) in [5.41, 5.74) is -0.883. The molecule has 2 N–H and O–H groups in total. The van der Waals surface area contributed by atoms with Crippen molar-refractivity contribution in [2.45, 2.75) is 57.9 Å². The van der Waals surface area contributed by atoms with E-state index in [4.69, 9.17) is 0 Å². The van der Waals surface area contributed by atoms with Gasteiger partial charge in [0.2, 0.25) is 0 Å². The molecule has 0 aliphatic carbocycles. The highest BCUT2D eigenvalue weighted by atomic mass is 19.1. The first-order chi connectivity index (χ1) is 22.8. The Hall–Kier alpha value is -5.51. The van der Waals surface area contributed by atoms with Crippen LogP contribution in [0.5, 0.6) is 5.75 Å². The number of carbonyl (C=O) groups excluding carboxylic acids is 2. The van der Waals surface area contributed by atoms with E-state index in [9.17, 15) is 29.1 Å². The summed E-state index contributed by atoms with van der Waals surface area (Å²) in [6, 6.07) is 7.35. The molecule has 1 aliphatic heterocycles. The van der Waals surface area contributed by atoms with Crippen molar-refractivity contribution in [1.82, 2.24) is 24.8 Å². The molecule has 4 aromatic rings. The van der Waals surface area contributed by atoms with Crippen LogP contribution >= 0.6 is 0 Å². The molecule has 0 radical (unpaired) electrons. The van der Waals surface area contributed by atoms with Gasteiger partial charge in [-0.2, -0.15) is 5.26 Å². The number of phenolic OH excluding ortho intramolecular Hbond substituents is 1. The largest absolute Gasteiger partial charge is 0.507 e. The predicted octanol–water partition coefficient (Wildman–Crippen LogP) is 5.69. The molecule has 0 saturated carbocycles. The summed E-state index contributed by atoms with van der Waals surface area (Å²) < 4.78 is 46.4. The summed E-state index contributed by atoms with van der Waals surface area (Å²) in [6.07, 6.45) is 1.53. The molecule has 0 bridgehead atoms. The first-order valence-corrected chi connectivity index (χ1v) is 15.3. The minimum atomic E-state index is -1.20. The number of nitriles is 1. The van der Waals surface area contributed by atoms with Gasteiger partial charge in [-0.25, -0.2) is 18.2 Å². The molecule has 48 heavy (non-hydrogen) atoms. The number of amides is 2. The average Bonchev–Trinajstić information content (AvgIpc) is 3.04. The molecular weight excluding hydrogens is 625 g/mol. The van der Waals surface area contributed by atoms with Crippen molar-refractivity contribution in [3.63, 3.8) is 0 Å². The smallest absolute Gasteiger partial charge is 0.282 e. The molecular formula is C35H33F3N6O4. The lowest BCUT2D eigenvalue weighted by molar-refractivity contribution is -0.132. The number of phenols is 1. The van der Waals surface area contributed by atoms with E-state index in [1.807, 2.05) is 19.9 Å². The van der Waals surface area contributed by atoms with Crippen LogP contribution in [0, 0.1) is 29.9 Å². The van der Waals surface area contributed by atoms with Gasteiger partial charge in [-0.3, -0.25) is 23.9 Å². The number of nitrogens with zero attached hydrogens (tertiary/aromatic N) is 5. The minimum Gasteiger partial charge on any atom is -0.507 e. The fourth-order valence-electron chi connectivity index (χ4n) is 6.52. The van der Waals surface area contributed by atoms with Crippen LogP contribution in [0.1, 0.15) is 72.1 Å². The quantitative estimate of drug-likeness (QED) is 0.243. The van der Waals surface area contributed by atoms with E-state index in [0.717, 1.165) is 12.1 Å². The van der Waals surface area contributed by atoms with Crippen LogP contribution in [0.2, 0.25) is 0 Å². The van der Waals surface area contributed by atoms with Crippen LogP contribution < -0.4 is 10.9 Å². The van der Waals surface area contributed by atoms with Crippen molar-refractivity contribution < 1.29 is 27.9 Å². The minimum absolute atomic E-state index is 0.0236. The third-order valence-corrected chi connectivity index (χ3v) is 8.70. The Bertz CT molecular complexity index is 2070. The molecule has 248 valence electrons. The van der Waals surface area contributed by atoms with Crippen molar-refractivity contribution in [2.75, 3.05) is 13.6 Å². The number of aromatic hydroxyl groups is 1. The number of hydrogen-bond acceptors (Lipinski definition) is 7. The summed E-state index contributed by atoms with van der Waals surface area (Å²) in [5.74, 6) is -6.45. The van der Waals surface area contributed by atoms with Gasteiger partial charge in [0.15, 0.2) is 11.6 Å². The maximum Gasteiger partial charge on any atom is 0.282 e. The Morgan fingerprint density at radius 2 is 1.96 bits per heavy atom. The Balaban J connectivity index is 1.93. The number of rotatable bonds is 7. The Morgan fingerprint density at radius 1 is 1.23 bits per heavy atom. The zero-order chi connectivity index (χ0) is 35.0. The van der Waals surface area contributed by atoms with Gasteiger partial charge >= 0.3 is 0 Å². The molecule has 0 spiro atoms. The highest BCUT2D eigenvalue weighted by molar-refractivity contribution is 6.01. The maximum absolute atomic E-state index is 16.2. The van der Waals surface area contributed by atoms with Crippen LogP contribution in [0.3, 0.4) is 0 Å². The molecule has 1 saturated heterocycles. The van der Waals surface area contributed by atoms with E-state index in [-0.39, 0.29) is 53.9 Å². The van der Waals surface area contributed by atoms with Gasteiger partial charge in [0, 0.05) is 31.2 Å². The first-order valence-electron chi connectivity index (χ1n) is 15.3. The van der Waals surface area contributed by atoms with Crippen molar-refractivity contribution >= 4 is 22.8 Å². The Labute approximate surface area is 274 Å². The molecule has 5 rings (SSSR count). The second-order valence-corrected chi connectivity index (χ2v) is 12.0. The van der Waals surface area contributed by atoms with Gasteiger partial charge < -0.3 is 15.3 Å². The fraction of sp³-hybridized carbons (Fsp3) is 0.314. The Morgan fingerprint density at radius 3 is 2.58 bits per heavy atom. The van der Waals surface area contributed by atoms with E-state index in [1.165, 1.54) is 28.6 Å². The zero-order valence-electron chi connectivity index (χ0n) is 26.8. The lowest BCUT2D eigenvalue weighted by Crippen LogP contribution is -2.46. The van der Waals surface area contributed by atoms with Gasteiger partial charge in [0.25, 0.3) is 17.4 Å². The SMILES string of the molecule is C=C(F)C(=O)N1CCC(c2c(C(=O)NC)c(=O)n(-c3c(C)ccnc3C(C)C)c3nc(-c4c(O)cccc4F)c(F)cc23)C[C@@H]1CC#N. The Kier molecular flexibility index (Phi) is 9.38. The highest BCUT2D eigenvalue weighted by Gasteiger charge is 2.38. The monoisotopic (exact) mass is 658 g/mol. The summed E-state index contributed by atoms with van der Waals surface area (Å²) in [7, 11) is 1.34. The van der Waals surface area contributed by atoms with Crippen LogP contribution in [-0.4, -0.2) is 56.0 Å². The molecule has 1 aliphatic rings. The van der Waals surface area contributed by atoms with Gasteiger partial charge in [-0.15, -0.1) is 0 Å². The number of halogens is 3. The van der Waals surface area contributed by atoms with Crippen molar-refractivity contribution in [3.8, 4) is 28.8 Å². The second kappa shape index (κ2) is 13.3. The van der Waals surface area contributed by atoms with Crippen molar-refractivity contribution in [3.05, 3.63) is 93.3 Å². The normalized spacial score (nSPS) is 16.2. The molecule has 1 aromatic carbocycles. The molecule has 13 heteroatoms. The molecule has 1 unspecified atom stereocenters. The van der Waals surface area contributed by atoms with Gasteiger partial charge in [-0.05, 0) is 67.0 Å². The van der Waals surface area contributed by atoms with Gasteiger partial charge in [0.05, 0.1) is 29.4 Å². The van der Waals surface area contributed by atoms with Crippen LogP contribution in [0.25, 0.3) is 28.0 Å². The number of piperidine rings is 1. The maximum atomic E-state index is 16.2. The number of benzene rings is 1. The molecule has 3 aromatic heterocycles. The van der Waals surface area contributed by atoms with E-state index >= 15 is 8.78 Å². The number of hydrogen-bond donors (Lipinski definition) is 2. The van der Waals surface area contributed by atoms with E-state index in [0.29, 0.717) is 16.9 Å². The molecule has 1 fully saturated rings. The first kappa shape index (κ1) is 33.8. The van der Waals surface area contributed by atoms with Crippen LogP contribution in [0.4, 0.5) is 13.2 Å². The van der Waals surface area contributed by atoms with Crippen molar-refractivity contribution in [2.24, 2.45) is 0 Å².